The van der Waals surface area contributed by atoms with Crippen molar-refractivity contribution in [2.45, 2.75) is 38.3 Å². The van der Waals surface area contributed by atoms with Gasteiger partial charge < -0.3 is 10.2 Å². The van der Waals surface area contributed by atoms with E-state index >= 15 is 0 Å². The van der Waals surface area contributed by atoms with Crippen LogP contribution in [0.4, 0.5) is 4.79 Å². The number of fused-ring (bicyclic) bond motifs is 1. The monoisotopic (exact) mass is 397 g/mol. The molecule has 7 heteroatoms. The molecule has 1 aromatic carbocycles. The normalized spacial score (nSPS) is 21.0. The molecule has 1 aliphatic carbocycles. The minimum atomic E-state index is -1.14. The second-order valence-corrected chi connectivity index (χ2v) is 8.44. The van der Waals surface area contributed by atoms with Gasteiger partial charge in [0, 0.05) is 13.6 Å². The molecule has 6 nitrogen and oxygen atoms in total. The van der Waals surface area contributed by atoms with E-state index < -0.39 is 11.6 Å². The van der Waals surface area contributed by atoms with E-state index in [0.717, 1.165) is 35.3 Å². The van der Waals surface area contributed by atoms with Gasteiger partial charge in [0.25, 0.3) is 5.91 Å². The number of aryl methyl sites for hydroxylation is 2. The molecule has 0 radical (unpaired) electrons. The lowest BCUT2D eigenvalue weighted by Gasteiger charge is -2.24. The number of carbonyl (C=O) groups is 3. The maximum Gasteiger partial charge on any atom is 0.325 e. The number of imide groups is 1. The highest BCUT2D eigenvalue weighted by Gasteiger charge is 2.49. The molecule has 4 amide bonds. The van der Waals surface area contributed by atoms with Crippen molar-refractivity contribution in [1.29, 1.82) is 0 Å². The minimum absolute atomic E-state index is 0.258. The standard InChI is InChI=1S/C21H23N3O3S/c1-21(17-7-6-15-4-3-5-16(15)10-17)19(26)24(20(27)22-21)12-18(25)23(2)11-14-8-9-28-13-14/h6-10,13H,3-5,11-12H2,1-2H3,(H,22,27). The first-order chi connectivity index (χ1) is 13.4. The molecule has 0 spiro atoms. The van der Waals surface area contributed by atoms with Crippen LogP contribution >= 0.6 is 11.3 Å². The van der Waals surface area contributed by atoms with E-state index in [1.165, 1.54) is 16.0 Å². The Morgan fingerprint density at radius 1 is 1.25 bits per heavy atom. The number of likely N-dealkylation sites (N-methyl/N-ethyl adjacent to an activating group) is 1. The summed E-state index contributed by atoms with van der Waals surface area (Å²) in [6, 6.07) is 7.41. The summed E-state index contributed by atoms with van der Waals surface area (Å²) >= 11 is 1.57. The van der Waals surface area contributed by atoms with Gasteiger partial charge in [0.2, 0.25) is 5.91 Å². The van der Waals surface area contributed by atoms with Crippen LogP contribution in [0.15, 0.2) is 35.0 Å². The van der Waals surface area contributed by atoms with Gasteiger partial charge in [-0.25, -0.2) is 4.79 Å². The molecule has 1 aromatic heterocycles. The number of hydrogen-bond donors (Lipinski definition) is 1. The Hall–Kier alpha value is -2.67. The predicted octanol–water partition coefficient (Wildman–Crippen LogP) is 2.66. The Morgan fingerprint density at radius 2 is 2.04 bits per heavy atom. The highest BCUT2D eigenvalue weighted by atomic mass is 32.1. The third-order valence-electron chi connectivity index (χ3n) is 5.67. The average Bonchev–Trinajstić information content (AvgIpc) is 3.39. The van der Waals surface area contributed by atoms with Crippen LogP contribution < -0.4 is 5.32 Å². The van der Waals surface area contributed by atoms with Gasteiger partial charge in [-0.1, -0.05) is 18.2 Å². The number of benzene rings is 1. The summed E-state index contributed by atoms with van der Waals surface area (Å²) < 4.78 is 0. The van der Waals surface area contributed by atoms with Crippen LogP contribution in [-0.4, -0.2) is 41.2 Å². The molecular weight excluding hydrogens is 374 g/mol. The molecule has 0 bridgehead atoms. The second kappa shape index (κ2) is 7.05. The Kier molecular flexibility index (Phi) is 4.71. The van der Waals surface area contributed by atoms with Gasteiger partial charge in [-0.3, -0.25) is 14.5 Å². The molecule has 1 unspecified atom stereocenters. The van der Waals surface area contributed by atoms with Crippen LogP contribution in [0.5, 0.6) is 0 Å². The summed E-state index contributed by atoms with van der Waals surface area (Å²) in [6.45, 7) is 1.91. The lowest BCUT2D eigenvalue weighted by atomic mass is 9.89. The van der Waals surface area contributed by atoms with Gasteiger partial charge in [0.05, 0.1) is 0 Å². The van der Waals surface area contributed by atoms with E-state index in [9.17, 15) is 14.4 Å². The second-order valence-electron chi connectivity index (χ2n) is 7.66. The first-order valence-electron chi connectivity index (χ1n) is 9.40. The van der Waals surface area contributed by atoms with Crippen molar-refractivity contribution in [3.8, 4) is 0 Å². The molecule has 146 valence electrons. The third kappa shape index (κ3) is 3.20. The van der Waals surface area contributed by atoms with Gasteiger partial charge >= 0.3 is 6.03 Å². The number of urea groups is 1. The van der Waals surface area contributed by atoms with Gasteiger partial charge in [-0.2, -0.15) is 11.3 Å². The highest BCUT2D eigenvalue weighted by Crippen LogP contribution is 2.32. The van der Waals surface area contributed by atoms with E-state index in [4.69, 9.17) is 0 Å². The van der Waals surface area contributed by atoms with Gasteiger partial charge in [0.15, 0.2) is 0 Å². The smallest absolute Gasteiger partial charge is 0.325 e. The lowest BCUT2D eigenvalue weighted by molar-refractivity contribution is -0.138. The first-order valence-corrected chi connectivity index (χ1v) is 10.3. The molecule has 1 fully saturated rings. The van der Waals surface area contributed by atoms with Crippen molar-refractivity contribution < 1.29 is 14.4 Å². The number of carbonyl (C=O) groups excluding carboxylic acids is 3. The maximum absolute atomic E-state index is 13.1. The maximum atomic E-state index is 13.1. The fraction of sp³-hybridized carbons (Fsp3) is 0.381. The number of nitrogens with zero attached hydrogens (tertiary/aromatic N) is 2. The number of rotatable bonds is 5. The SMILES string of the molecule is CN(Cc1ccsc1)C(=O)CN1C(=O)NC(C)(c2ccc3c(c2)CCC3)C1=O. The Balaban J connectivity index is 1.49. The van der Waals surface area contributed by atoms with Crippen molar-refractivity contribution in [2.75, 3.05) is 13.6 Å². The topological polar surface area (TPSA) is 69.7 Å². The molecule has 28 heavy (non-hydrogen) atoms. The minimum Gasteiger partial charge on any atom is -0.340 e. The molecular formula is C21H23N3O3S. The van der Waals surface area contributed by atoms with Crippen LogP contribution in [0.1, 0.15) is 35.6 Å². The summed E-state index contributed by atoms with van der Waals surface area (Å²) in [5.41, 5.74) is 3.21. The van der Waals surface area contributed by atoms with E-state index in [1.807, 2.05) is 35.0 Å². The van der Waals surface area contributed by atoms with Crippen molar-refractivity contribution in [2.24, 2.45) is 0 Å². The van der Waals surface area contributed by atoms with E-state index in [2.05, 4.69) is 5.32 Å². The molecule has 2 heterocycles. The molecule has 1 aliphatic heterocycles. The van der Waals surface area contributed by atoms with Gasteiger partial charge in [-0.15, -0.1) is 0 Å². The van der Waals surface area contributed by atoms with Crippen LogP contribution in [0.25, 0.3) is 0 Å². The van der Waals surface area contributed by atoms with Crippen molar-refractivity contribution in [1.82, 2.24) is 15.1 Å². The summed E-state index contributed by atoms with van der Waals surface area (Å²) in [4.78, 5) is 40.7. The largest absolute Gasteiger partial charge is 0.340 e. The quantitative estimate of drug-likeness (QED) is 0.789. The van der Waals surface area contributed by atoms with Gasteiger partial charge in [-0.05, 0) is 65.3 Å². The van der Waals surface area contributed by atoms with E-state index in [-0.39, 0.29) is 18.4 Å². The first kappa shape index (κ1) is 18.7. The Labute approximate surface area is 168 Å². The zero-order valence-electron chi connectivity index (χ0n) is 16.0. The number of amides is 4. The van der Waals surface area contributed by atoms with Crippen molar-refractivity contribution in [3.05, 3.63) is 57.3 Å². The fourth-order valence-corrected chi connectivity index (χ4v) is 4.58. The molecule has 2 aromatic rings. The zero-order chi connectivity index (χ0) is 19.9. The number of thiophene rings is 1. The van der Waals surface area contributed by atoms with E-state index in [1.54, 1.807) is 25.3 Å². The molecule has 0 saturated carbocycles. The summed E-state index contributed by atoms with van der Waals surface area (Å²) in [7, 11) is 1.68. The van der Waals surface area contributed by atoms with Crippen molar-refractivity contribution >= 4 is 29.2 Å². The molecule has 1 saturated heterocycles. The molecule has 1 atom stereocenters. The van der Waals surface area contributed by atoms with E-state index in [0.29, 0.717) is 6.54 Å². The molecule has 2 aliphatic rings. The average molecular weight is 398 g/mol. The predicted molar refractivity (Wildman–Crippen MR) is 107 cm³/mol. The van der Waals surface area contributed by atoms with Crippen LogP contribution in [0.2, 0.25) is 0 Å². The molecule has 4 rings (SSSR count). The number of hydrogen-bond acceptors (Lipinski definition) is 4. The summed E-state index contributed by atoms with van der Waals surface area (Å²) in [6.07, 6.45) is 3.17. The summed E-state index contributed by atoms with van der Waals surface area (Å²) in [5, 5.41) is 6.72. The fourth-order valence-electron chi connectivity index (χ4n) is 3.92. The number of nitrogens with one attached hydrogen (secondary N) is 1. The Bertz CT molecular complexity index is 940. The van der Waals surface area contributed by atoms with Crippen LogP contribution in [0.3, 0.4) is 0 Å². The highest BCUT2D eigenvalue weighted by molar-refractivity contribution is 7.07. The lowest BCUT2D eigenvalue weighted by Crippen LogP contribution is -2.43. The van der Waals surface area contributed by atoms with Gasteiger partial charge in [0.1, 0.15) is 12.1 Å². The molecule has 1 N–H and O–H groups in total. The van der Waals surface area contributed by atoms with Crippen molar-refractivity contribution in [3.63, 3.8) is 0 Å². The van der Waals surface area contributed by atoms with Crippen LogP contribution in [0, 0.1) is 0 Å². The summed E-state index contributed by atoms with van der Waals surface area (Å²) in [5.74, 6) is -0.652. The van der Waals surface area contributed by atoms with Crippen LogP contribution in [-0.2, 0) is 34.5 Å². The third-order valence-corrected chi connectivity index (χ3v) is 6.40. The zero-order valence-corrected chi connectivity index (χ0v) is 16.8. The Morgan fingerprint density at radius 3 is 2.79 bits per heavy atom.